The third kappa shape index (κ3) is 7.18. The number of hydrogen-bond donors (Lipinski definition) is 2. The predicted octanol–water partition coefficient (Wildman–Crippen LogP) is 3.13. The van der Waals surface area contributed by atoms with Crippen molar-refractivity contribution in [2.45, 2.75) is 45.4 Å². The Balaban J connectivity index is 0.000000241. The van der Waals surface area contributed by atoms with Crippen LogP contribution < -0.4 is 0 Å². The number of aryl methyl sites for hydroxylation is 1. The number of nitrogens with zero attached hydrogens (tertiary/aromatic N) is 1. The Morgan fingerprint density at radius 3 is 1.74 bits per heavy atom. The van der Waals surface area contributed by atoms with Gasteiger partial charge in [0, 0.05) is 6.20 Å². The van der Waals surface area contributed by atoms with Crippen molar-refractivity contribution in [1.29, 1.82) is 0 Å². The van der Waals surface area contributed by atoms with E-state index in [0.717, 1.165) is 6.20 Å². The first kappa shape index (κ1) is 15.1. The smallest absolute Gasteiger partial charge is 0.354 e. The zero-order valence-corrected chi connectivity index (χ0v) is 11.1. The molecular formula is C14H19NO4. The molecule has 0 aromatic carbocycles. The van der Waals surface area contributed by atoms with Gasteiger partial charge in [0.2, 0.25) is 0 Å². The average molecular weight is 265 g/mol. The largest absolute Gasteiger partial charge is 0.478 e. The van der Waals surface area contributed by atoms with Crippen molar-refractivity contribution in [3.05, 3.63) is 29.1 Å². The second kappa shape index (κ2) is 7.51. The van der Waals surface area contributed by atoms with Crippen molar-refractivity contribution >= 4 is 11.9 Å². The van der Waals surface area contributed by atoms with E-state index in [-0.39, 0.29) is 11.3 Å². The van der Waals surface area contributed by atoms with Crippen LogP contribution in [0.2, 0.25) is 0 Å². The molecular weight excluding hydrogens is 246 g/mol. The molecule has 5 nitrogen and oxygen atoms in total. The van der Waals surface area contributed by atoms with E-state index in [2.05, 4.69) is 4.98 Å². The highest BCUT2D eigenvalue weighted by molar-refractivity contribution is 5.91. The fourth-order valence-corrected chi connectivity index (χ4v) is 0.916. The highest BCUT2D eigenvalue weighted by atomic mass is 16.4. The minimum Gasteiger partial charge on any atom is -0.478 e. The van der Waals surface area contributed by atoms with E-state index in [4.69, 9.17) is 10.2 Å². The van der Waals surface area contributed by atoms with Crippen molar-refractivity contribution in [3.8, 4) is 0 Å². The molecule has 1 aromatic rings. The lowest BCUT2D eigenvalue weighted by molar-refractivity contribution is 0.0675. The van der Waals surface area contributed by atoms with Crippen LogP contribution in [0.15, 0.2) is 12.3 Å². The minimum atomic E-state index is -1.16. The van der Waals surface area contributed by atoms with Crippen LogP contribution in [0, 0.1) is 6.92 Å². The third-order valence-corrected chi connectivity index (χ3v) is 2.23. The molecule has 3 rings (SSSR count). The Morgan fingerprint density at radius 1 is 1.00 bits per heavy atom. The van der Waals surface area contributed by atoms with Crippen LogP contribution in [-0.2, 0) is 0 Å². The first-order valence-electron chi connectivity index (χ1n) is 6.45. The van der Waals surface area contributed by atoms with Crippen molar-refractivity contribution < 1.29 is 19.8 Å². The summed E-state index contributed by atoms with van der Waals surface area (Å²) in [5.41, 5.74) is 0.208. The van der Waals surface area contributed by atoms with Crippen molar-refractivity contribution in [2.24, 2.45) is 0 Å². The maximum Gasteiger partial charge on any atom is 0.354 e. The lowest BCUT2D eigenvalue weighted by Crippen LogP contribution is -2.06. The van der Waals surface area contributed by atoms with Gasteiger partial charge in [-0.1, -0.05) is 38.5 Å². The van der Waals surface area contributed by atoms with E-state index in [1.165, 1.54) is 51.5 Å². The second-order valence-corrected chi connectivity index (χ2v) is 4.62. The van der Waals surface area contributed by atoms with Gasteiger partial charge in [-0.25, -0.2) is 14.6 Å². The van der Waals surface area contributed by atoms with Crippen LogP contribution in [0.5, 0.6) is 0 Å². The topological polar surface area (TPSA) is 87.5 Å². The molecule has 1 aromatic heterocycles. The van der Waals surface area contributed by atoms with E-state index >= 15 is 0 Å². The van der Waals surface area contributed by atoms with Crippen molar-refractivity contribution in [1.82, 2.24) is 4.98 Å². The number of rotatable bonds is 2. The first-order chi connectivity index (χ1) is 9.02. The van der Waals surface area contributed by atoms with Gasteiger partial charge < -0.3 is 10.2 Å². The number of aromatic carboxylic acids is 2. The predicted molar refractivity (Wildman–Crippen MR) is 70.6 cm³/mol. The SMILES string of the molecule is C1CC1.C1CC1.Cc1cc(C(=O)O)cnc1C(=O)O. The maximum absolute atomic E-state index is 10.5. The molecule has 0 aliphatic heterocycles. The first-order valence-corrected chi connectivity index (χ1v) is 6.45. The number of carboxylic acids is 2. The van der Waals surface area contributed by atoms with Crippen LogP contribution in [-0.4, -0.2) is 27.1 Å². The van der Waals surface area contributed by atoms with E-state index < -0.39 is 11.9 Å². The molecule has 0 saturated heterocycles. The summed E-state index contributed by atoms with van der Waals surface area (Å²) in [7, 11) is 0. The molecule has 2 aliphatic carbocycles. The van der Waals surface area contributed by atoms with E-state index in [1.54, 1.807) is 0 Å². The number of pyridine rings is 1. The molecule has 104 valence electrons. The Hall–Kier alpha value is -1.91. The zero-order chi connectivity index (χ0) is 14.3. The van der Waals surface area contributed by atoms with Crippen LogP contribution in [0.25, 0.3) is 0 Å². The summed E-state index contributed by atoms with van der Waals surface area (Å²) >= 11 is 0. The third-order valence-electron chi connectivity index (χ3n) is 2.23. The number of carboxylic acid groups (broad SMARTS) is 2. The Morgan fingerprint density at radius 2 is 1.47 bits per heavy atom. The van der Waals surface area contributed by atoms with Gasteiger partial charge in [0.25, 0.3) is 0 Å². The van der Waals surface area contributed by atoms with Gasteiger partial charge >= 0.3 is 11.9 Å². The molecule has 2 saturated carbocycles. The second-order valence-electron chi connectivity index (χ2n) is 4.62. The fraction of sp³-hybridized carbons (Fsp3) is 0.500. The molecule has 2 fully saturated rings. The van der Waals surface area contributed by atoms with Gasteiger partial charge in [-0.3, -0.25) is 0 Å². The minimum absolute atomic E-state index is 0.0116. The summed E-state index contributed by atoms with van der Waals surface area (Å²) in [6.45, 7) is 1.50. The van der Waals surface area contributed by atoms with E-state index in [0.29, 0.717) is 5.56 Å². The van der Waals surface area contributed by atoms with Crippen LogP contribution in [0.1, 0.15) is 64.9 Å². The van der Waals surface area contributed by atoms with Gasteiger partial charge in [-0.2, -0.15) is 0 Å². The molecule has 5 heteroatoms. The van der Waals surface area contributed by atoms with Gasteiger partial charge in [0.05, 0.1) is 5.56 Å². The highest BCUT2D eigenvalue weighted by Crippen LogP contribution is 2.15. The summed E-state index contributed by atoms with van der Waals surface area (Å²) in [4.78, 5) is 24.5. The fourth-order valence-electron chi connectivity index (χ4n) is 0.916. The van der Waals surface area contributed by atoms with Crippen LogP contribution in [0.4, 0.5) is 0 Å². The Labute approximate surface area is 112 Å². The quantitative estimate of drug-likeness (QED) is 0.857. The van der Waals surface area contributed by atoms with Gasteiger partial charge in [0.1, 0.15) is 0 Å². The normalized spacial score (nSPS) is 14.2. The lowest BCUT2D eigenvalue weighted by Gasteiger charge is -1.99. The molecule has 1 heterocycles. The molecule has 19 heavy (non-hydrogen) atoms. The molecule has 2 N–H and O–H groups in total. The maximum atomic E-state index is 10.5. The van der Waals surface area contributed by atoms with Gasteiger partial charge in [0.15, 0.2) is 5.69 Å². The summed E-state index contributed by atoms with van der Waals surface area (Å²) in [5.74, 6) is -2.28. The summed E-state index contributed by atoms with van der Waals surface area (Å²) in [6, 6.07) is 1.28. The van der Waals surface area contributed by atoms with Gasteiger partial charge in [-0.05, 0) is 18.6 Å². The zero-order valence-electron chi connectivity index (χ0n) is 11.1. The van der Waals surface area contributed by atoms with Gasteiger partial charge in [-0.15, -0.1) is 0 Å². The van der Waals surface area contributed by atoms with Crippen LogP contribution in [0.3, 0.4) is 0 Å². The van der Waals surface area contributed by atoms with E-state index in [9.17, 15) is 9.59 Å². The number of carbonyl (C=O) groups is 2. The summed E-state index contributed by atoms with van der Waals surface area (Å²) in [5, 5.41) is 17.1. The summed E-state index contributed by atoms with van der Waals surface area (Å²) < 4.78 is 0. The number of hydrogen-bond acceptors (Lipinski definition) is 3. The lowest BCUT2D eigenvalue weighted by atomic mass is 10.1. The van der Waals surface area contributed by atoms with E-state index in [1.807, 2.05) is 0 Å². The number of aromatic nitrogens is 1. The molecule has 0 spiro atoms. The molecule has 0 atom stereocenters. The molecule has 2 aliphatic rings. The average Bonchev–Trinajstić information content (AvgIpc) is 3.23. The Bertz CT molecular complexity index is 441. The van der Waals surface area contributed by atoms with Crippen LogP contribution >= 0.6 is 0 Å². The Kier molecular flexibility index (Phi) is 5.99. The highest BCUT2D eigenvalue weighted by Gasteiger charge is 2.11. The molecule has 0 amide bonds. The van der Waals surface area contributed by atoms with Crippen molar-refractivity contribution in [3.63, 3.8) is 0 Å². The monoisotopic (exact) mass is 265 g/mol. The standard InChI is InChI=1S/C8H7NO4.2C3H6/c1-4-2-5(7(10)11)3-9-6(4)8(12)13;2*1-2-3-1/h2-3H,1H3,(H,10,11)(H,12,13);2*1-3H2. The van der Waals surface area contributed by atoms with Crippen molar-refractivity contribution in [2.75, 3.05) is 0 Å². The summed E-state index contributed by atoms with van der Waals surface area (Å²) in [6.07, 6.45) is 10.0. The molecule has 0 unspecified atom stereocenters. The molecule has 0 bridgehead atoms. The molecule has 0 radical (unpaired) electrons.